The number of halogens is 1. The topological polar surface area (TPSA) is 85.5 Å². The van der Waals surface area contributed by atoms with Crippen molar-refractivity contribution in [3.63, 3.8) is 0 Å². The number of benzene rings is 1. The van der Waals surface area contributed by atoms with Crippen LogP contribution < -0.4 is 16.0 Å². The molecule has 0 amide bonds. The molecule has 136 valence electrons. The molecule has 25 heavy (non-hydrogen) atoms. The zero-order chi connectivity index (χ0) is 18.1. The van der Waals surface area contributed by atoms with Crippen molar-refractivity contribution in [2.75, 3.05) is 56.5 Å². The standard InChI is InChI=1S/C17H24ClN5O2/c1-24-9-7-23(8-10-25-2)17-15(19)16(21-12-22-17)20-11-13-5-3-4-6-14(13)18/h3-6,12H,7-11,19H2,1-2H3,(H,20,21,22). The summed E-state index contributed by atoms with van der Waals surface area (Å²) in [4.78, 5) is 10.6. The van der Waals surface area contributed by atoms with Gasteiger partial charge in [0.15, 0.2) is 11.6 Å². The SMILES string of the molecule is COCCN(CCOC)c1ncnc(NCc2ccccc2Cl)c1N. The van der Waals surface area contributed by atoms with E-state index in [0.29, 0.717) is 55.2 Å². The van der Waals surface area contributed by atoms with Gasteiger partial charge < -0.3 is 25.4 Å². The van der Waals surface area contributed by atoms with Crippen LogP contribution in [0.2, 0.25) is 5.02 Å². The number of nitrogens with two attached hydrogens (primary N) is 1. The van der Waals surface area contributed by atoms with Gasteiger partial charge in [-0.3, -0.25) is 0 Å². The second-order valence-electron chi connectivity index (χ2n) is 5.38. The number of aromatic nitrogens is 2. The van der Waals surface area contributed by atoms with E-state index < -0.39 is 0 Å². The van der Waals surface area contributed by atoms with Crippen molar-refractivity contribution in [1.82, 2.24) is 9.97 Å². The Kier molecular flexibility index (Phi) is 7.72. The Morgan fingerprint density at radius 1 is 1.12 bits per heavy atom. The van der Waals surface area contributed by atoms with Gasteiger partial charge in [0.2, 0.25) is 0 Å². The number of rotatable bonds is 10. The molecule has 2 aromatic rings. The number of hydrogen-bond donors (Lipinski definition) is 2. The number of hydrogen-bond acceptors (Lipinski definition) is 7. The van der Waals surface area contributed by atoms with Crippen molar-refractivity contribution in [3.8, 4) is 0 Å². The molecule has 0 fully saturated rings. The molecule has 0 atom stereocenters. The first-order chi connectivity index (χ1) is 12.2. The number of nitrogen functional groups attached to an aromatic ring is 1. The van der Waals surface area contributed by atoms with E-state index in [1.165, 1.54) is 6.33 Å². The number of methoxy groups -OCH3 is 2. The predicted molar refractivity (Wildman–Crippen MR) is 101 cm³/mol. The van der Waals surface area contributed by atoms with Gasteiger partial charge in [0, 0.05) is 38.9 Å². The molecule has 3 N–H and O–H groups in total. The van der Waals surface area contributed by atoms with Crippen LogP contribution in [0.25, 0.3) is 0 Å². The average Bonchev–Trinajstić information content (AvgIpc) is 2.63. The fraction of sp³-hybridized carbons (Fsp3) is 0.412. The molecule has 0 bridgehead atoms. The average molecular weight is 366 g/mol. The van der Waals surface area contributed by atoms with E-state index in [2.05, 4.69) is 15.3 Å². The van der Waals surface area contributed by atoms with Crippen molar-refractivity contribution in [3.05, 3.63) is 41.2 Å². The molecule has 1 aromatic carbocycles. The summed E-state index contributed by atoms with van der Waals surface area (Å²) in [6.07, 6.45) is 1.49. The molecule has 1 heterocycles. The maximum atomic E-state index is 6.29. The summed E-state index contributed by atoms with van der Waals surface area (Å²) in [7, 11) is 3.32. The lowest BCUT2D eigenvalue weighted by Crippen LogP contribution is -2.32. The van der Waals surface area contributed by atoms with Gasteiger partial charge in [0.05, 0.1) is 13.2 Å². The van der Waals surface area contributed by atoms with Crippen LogP contribution in [-0.2, 0) is 16.0 Å². The highest BCUT2D eigenvalue weighted by Gasteiger charge is 2.15. The normalized spacial score (nSPS) is 10.7. The van der Waals surface area contributed by atoms with E-state index in [1.54, 1.807) is 14.2 Å². The number of anilines is 3. The molecule has 7 nitrogen and oxygen atoms in total. The zero-order valence-corrected chi connectivity index (χ0v) is 15.3. The monoisotopic (exact) mass is 365 g/mol. The van der Waals surface area contributed by atoms with Crippen molar-refractivity contribution in [2.45, 2.75) is 6.54 Å². The van der Waals surface area contributed by atoms with Gasteiger partial charge in [-0.25, -0.2) is 9.97 Å². The quantitative estimate of drug-likeness (QED) is 0.668. The smallest absolute Gasteiger partial charge is 0.157 e. The summed E-state index contributed by atoms with van der Waals surface area (Å²) in [5.74, 6) is 1.23. The van der Waals surface area contributed by atoms with Crippen LogP contribution in [-0.4, -0.2) is 50.5 Å². The highest BCUT2D eigenvalue weighted by molar-refractivity contribution is 6.31. The molecule has 0 aliphatic heterocycles. The third-order valence-corrected chi connectivity index (χ3v) is 4.07. The van der Waals surface area contributed by atoms with Crippen molar-refractivity contribution in [1.29, 1.82) is 0 Å². The first-order valence-corrected chi connectivity index (χ1v) is 8.35. The van der Waals surface area contributed by atoms with Crippen molar-refractivity contribution in [2.24, 2.45) is 0 Å². The Morgan fingerprint density at radius 3 is 2.44 bits per heavy atom. The van der Waals surface area contributed by atoms with Gasteiger partial charge in [-0.2, -0.15) is 0 Å². The predicted octanol–water partition coefficient (Wildman–Crippen LogP) is 2.42. The van der Waals surface area contributed by atoms with E-state index in [-0.39, 0.29) is 0 Å². The maximum absolute atomic E-state index is 6.29. The van der Waals surface area contributed by atoms with Gasteiger partial charge in [-0.15, -0.1) is 0 Å². The largest absolute Gasteiger partial charge is 0.393 e. The fourth-order valence-corrected chi connectivity index (χ4v) is 2.53. The van der Waals surface area contributed by atoms with Crippen LogP contribution in [0.5, 0.6) is 0 Å². The maximum Gasteiger partial charge on any atom is 0.157 e. The molecular formula is C17H24ClN5O2. The van der Waals surface area contributed by atoms with E-state index in [1.807, 2.05) is 29.2 Å². The van der Waals surface area contributed by atoms with Crippen LogP contribution in [0.15, 0.2) is 30.6 Å². The lowest BCUT2D eigenvalue weighted by atomic mass is 10.2. The molecule has 0 radical (unpaired) electrons. The van der Waals surface area contributed by atoms with Crippen LogP contribution in [0.3, 0.4) is 0 Å². The molecule has 0 saturated carbocycles. The first-order valence-electron chi connectivity index (χ1n) is 7.98. The molecule has 0 aliphatic rings. The Hall–Kier alpha value is -2.09. The zero-order valence-electron chi connectivity index (χ0n) is 14.5. The van der Waals surface area contributed by atoms with E-state index >= 15 is 0 Å². The Balaban J connectivity index is 2.15. The second-order valence-corrected chi connectivity index (χ2v) is 5.78. The minimum Gasteiger partial charge on any atom is -0.393 e. The van der Waals surface area contributed by atoms with Crippen LogP contribution in [0.4, 0.5) is 17.3 Å². The van der Waals surface area contributed by atoms with E-state index in [9.17, 15) is 0 Å². The van der Waals surface area contributed by atoms with Gasteiger partial charge in [0.25, 0.3) is 0 Å². The molecule has 0 spiro atoms. The lowest BCUT2D eigenvalue weighted by molar-refractivity contribution is 0.190. The van der Waals surface area contributed by atoms with Crippen LogP contribution in [0.1, 0.15) is 5.56 Å². The van der Waals surface area contributed by atoms with Gasteiger partial charge in [0.1, 0.15) is 12.0 Å². The molecule has 0 aliphatic carbocycles. The van der Waals surface area contributed by atoms with Gasteiger partial charge >= 0.3 is 0 Å². The summed E-state index contributed by atoms with van der Waals surface area (Å²) < 4.78 is 10.3. The summed E-state index contributed by atoms with van der Waals surface area (Å²) in [6, 6.07) is 7.64. The summed E-state index contributed by atoms with van der Waals surface area (Å²) in [5.41, 5.74) is 7.75. The first kappa shape index (κ1) is 19.2. The summed E-state index contributed by atoms with van der Waals surface area (Å²) >= 11 is 6.19. The van der Waals surface area contributed by atoms with Gasteiger partial charge in [-0.05, 0) is 11.6 Å². The summed E-state index contributed by atoms with van der Waals surface area (Å²) in [6.45, 7) is 2.97. The van der Waals surface area contributed by atoms with Crippen LogP contribution >= 0.6 is 11.6 Å². The second kappa shape index (κ2) is 10.0. The number of nitrogens with one attached hydrogen (secondary N) is 1. The third kappa shape index (κ3) is 5.45. The molecule has 0 saturated heterocycles. The van der Waals surface area contributed by atoms with Crippen LogP contribution in [0, 0.1) is 0 Å². The molecule has 2 rings (SSSR count). The molecule has 0 unspecified atom stereocenters. The van der Waals surface area contributed by atoms with Crippen molar-refractivity contribution >= 4 is 28.9 Å². The summed E-state index contributed by atoms with van der Waals surface area (Å²) in [5, 5.41) is 3.93. The Labute approximate surface area is 153 Å². The fourth-order valence-electron chi connectivity index (χ4n) is 2.33. The number of ether oxygens (including phenoxy) is 2. The molecule has 1 aromatic heterocycles. The molecular weight excluding hydrogens is 342 g/mol. The van der Waals surface area contributed by atoms with E-state index in [4.69, 9.17) is 26.8 Å². The Bertz CT molecular complexity index is 663. The lowest BCUT2D eigenvalue weighted by Gasteiger charge is -2.25. The Morgan fingerprint density at radius 2 is 1.80 bits per heavy atom. The van der Waals surface area contributed by atoms with Crippen molar-refractivity contribution < 1.29 is 9.47 Å². The highest BCUT2D eigenvalue weighted by Crippen LogP contribution is 2.27. The number of nitrogens with zero attached hydrogens (tertiary/aromatic N) is 3. The van der Waals surface area contributed by atoms with E-state index in [0.717, 1.165) is 5.56 Å². The minimum atomic E-state index is 0.488. The third-order valence-electron chi connectivity index (χ3n) is 3.70. The minimum absolute atomic E-state index is 0.488. The van der Waals surface area contributed by atoms with Gasteiger partial charge in [-0.1, -0.05) is 29.8 Å². The highest BCUT2D eigenvalue weighted by atomic mass is 35.5. The molecule has 8 heteroatoms.